The number of rotatable bonds is 5. The van der Waals surface area contributed by atoms with Crippen molar-refractivity contribution in [3.05, 3.63) is 0 Å². The Hall–Kier alpha value is -0.650. The minimum absolute atomic E-state index is 0.0797. The summed E-state index contributed by atoms with van der Waals surface area (Å²) >= 11 is 0. The van der Waals surface area contributed by atoms with E-state index in [4.69, 9.17) is 9.47 Å². The standard InChI is InChI=1S/C16H30N2O3/c1-4-21-15(19)16(17-2)9-5-6-13(12-16)18-10-7-14(20-3)8-11-18/h13-14,17H,4-12H2,1-3H3. The molecule has 0 aromatic carbocycles. The van der Waals surface area contributed by atoms with Crippen LogP contribution < -0.4 is 5.32 Å². The highest BCUT2D eigenvalue weighted by Gasteiger charge is 2.44. The normalized spacial score (nSPS) is 32.0. The summed E-state index contributed by atoms with van der Waals surface area (Å²) in [5.74, 6) is -0.0797. The number of esters is 1. The number of hydrogen-bond donors (Lipinski definition) is 1. The third kappa shape index (κ3) is 3.76. The Morgan fingerprint density at radius 2 is 2.05 bits per heavy atom. The van der Waals surface area contributed by atoms with Gasteiger partial charge in [-0.1, -0.05) is 0 Å². The maximum atomic E-state index is 12.4. The van der Waals surface area contributed by atoms with Crippen molar-refractivity contribution in [1.82, 2.24) is 10.2 Å². The number of likely N-dealkylation sites (tertiary alicyclic amines) is 1. The van der Waals surface area contributed by atoms with Crippen LogP contribution in [-0.4, -0.2) is 62.4 Å². The molecule has 0 aromatic rings. The first kappa shape index (κ1) is 16.7. The molecule has 5 heteroatoms. The Morgan fingerprint density at radius 1 is 1.33 bits per heavy atom. The molecule has 2 fully saturated rings. The molecule has 0 amide bonds. The molecule has 21 heavy (non-hydrogen) atoms. The summed E-state index contributed by atoms with van der Waals surface area (Å²) in [6, 6.07) is 0.480. The van der Waals surface area contributed by atoms with E-state index in [1.807, 2.05) is 14.0 Å². The first-order chi connectivity index (χ1) is 10.1. The zero-order chi connectivity index (χ0) is 15.3. The topological polar surface area (TPSA) is 50.8 Å². The van der Waals surface area contributed by atoms with E-state index in [0.717, 1.165) is 45.2 Å². The van der Waals surface area contributed by atoms with Gasteiger partial charge in [0.05, 0.1) is 12.7 Å². The quantitative estimate of drug-likeness (QED) is 0.781. The molecule has 1 aliphatic heterocycles. The van der Waals surface area contributed by atoms with Crippen LogP contribution in [0, 0.1) is 0 Å². The zero-order valence-corrected chi connectivity index (χ0v) is 13.7. The molecule has 2 atom stereocenters. The fraction of sp³-hybridized carbons (Fsp3) is 0.938. The summed E-state index contributed by atoms with van der Waals surface area (Å²) in [5, 5.41) is 3.27. The summed E-state index contributed by atoms with van der Waals surface area (Å²) in [5.41, 5.74) is -0.489. The molecule has 0 radical (unpaired) electrons. The number of carbonyl (C=O) groups is 1. The predicted molar refractivity (Wildman–Crippen MR) is 82.3 cm³/mol. The van der Waals surface area contributed by atoms with E-state index < -0.39 is 5.54 Å². The molecule has 2 aliphatic rings. The minimum Gasteiger partial charge on any atom is -0.465 e. The first-order valence-electron chi connectivity index (χ1n) is 8.28. The lowest BCUT2D eigenvalue weighted by atomic mass is 9.78. The first-order valence-corrected chi connectivity index (χ1v) is 8.28. The number of methoxy groups -OCH3 is 1. The van der Waals surface area contributed by atoms with Crippen LogP contribution in [0.2, 0.25) is 0 Å². The van der Waals surface area contributed by atoms with Crippen molar-refractivity contribution >= 4 is 5.97 Å². The molecule has 5 nitrogen and oxygen atoms in total. The van der Waals surface area contributed by atoms with Gasteiger partial charge in [-0.3, -0.25) is 4.79 Å². The summed E-state index contributed by atoms with van der Waals surface area (Å²) in [4.78, 5) is 14.9. The number of likely N-dealkylation sites (N-methyl/N-ethyl adjacent to an activating group) is 1. The van der Waals surface area contributed by atoms with E-state index in [1.165, 1.54) is 6.42 Å². The molecular formula is C16H30N2O3. The molecule has 2 unspecified atom stereocenters. The third-order valence-electron chi connectivity index (χ3n) is 5.20. The van der Waals surface area contributed by atoms with Crippen LogP contribution in [0.25, 0.3) is 0 Å². The smallest absolute Gasteiger partial charge is 0.326 e. The summed E-state index contributed by atoms with van der Waals surface area (Å²) < 4.78 is 10.8. The van der Waals surface area contributed by atoms with E-state index in [9.17, 15) is 4.79 Å². The molecule has 1 N–H and O–H groups in total. The molecular weight excluding hydrogens is 268 g/mol. The van der Waals surface area contributed by atoms with Crippen molar-refractivity contribution in [1.29, 1.82) is 0 Å². The van der Waals surface area contributed by atoms with E-state index in [0.29, 0.717) is 18.8 Å². The Balaban J connectivity index is 1.97. The van der Waals surface area contributed by atoms with E-state index in [-0.39, 0.29) is 5.97 Å². The molecule has 122 valence electrons. The average molecular weight is 298 g/mol. The average Bonchev–Trinajstić information content (AvgIpc) is 2.55. The third-order valence-corrected chi connectivity index (χ3v) is 5.20. The lowest BCUT2D eigenvalue weighted by Crippen LogP contribution is -2.58. The Kier molecular flexibility index (Phi) is 6.02. The van der Waals surface area contributed by atoms with E-state index >= 15 is 0 Å². The number of hydrogen-bond acceptors (Lipinski definition) is 5. The van der Waals surface area contributed by atoms with Gasteiger partial charge >= 0.3 is 5.97 Å². The Morgan fingerprint density at radius 3 is 2.62 bits per heavy atom. The molecule has 0 aromatic heterocycles. The van der Waals surface area contributed by atoms with Crippen LogP contribution in [0.4, 0.5) is 0 Å². The monoisotopic (exact) mass is 298 g/mol. The SMILES string of the molecule is CCOC(=O)C1(NC)CCCC(N2CCC(OC)CC2)C1. The maximum absolute atomic E-state index is 12.4. The second-order valence-corrected chi connectivity index (χ2v) is 6.27. The van der Waals surface area contributed by atoms with Crippen molar-refractivity contribution in [2.24, 2.45) is 0 Å². The van der Waals surface area contributed by atoms with Crippen molar-refractivity contribution in [3.63, 3.8) is 0 Å². The zero-order valence-electron chi connectivity index (χ0n) is 13.7. The molecule has 0 spiro atoms. The molecule has 1 aliphatic carbocycles. The highest BCUT2D eigenvalue weighted by atomic mass is 16.5. The number of nitrogens with one attached hydrogen (secondary N) is 1. The second-order valence-electron chi connectivity index (χ2n) is 6.27. The molecule has 1 saturated heterocycles. The Labute approximate surface area is 128 Å². The highest BCUT2D eigenvalue weighted by molar-refractivity contribution is 5.81. The second kappa shape index (κ2) is 7.56. The maximum Gasteiger partial charge on any atom is 0.326 e. The van der Waals surface area contributed by atoms with Crippen molar-refractivity contribution in [2.75, 3.05) is 33.9 Å². The van der Waals surface area contributed by atoms with Gasteiger partial charge in [0.2, 0.25) is 0 Å². The van der Waals surface area contributed by atoms with Gasteiger partial charge in [0, 0.05) is 26.2 Å². The van der Waals surface area contributed by atoms with E-state index in [2.05, 4.69) is 10.2 Å². The largest absolute Gasteiger partial charge is 0.465 e. The van der Waals surface area contributed by atoms with Gasteiger partial charge in [-0.25, -0.2) is 0 Å². The van der Waals surface area contributed by atoms with Gasteiger partial charge in [-0.2, -0.15) is 0 Å². The van der Waals surface area contributed by atoms with Crippen LogP contribution in [0.3, 0.4) is 0 Å². The van der Waals surface area contributed by atoms with Crippen molar-refractivity contribution in [2.45, 2.75) is 63.1 Å². The number of piperidine rings is 1. The highest BCUT2D eigenvalue weighted by Crippen LogP contribution is 2.33. The Bertz CT molecular complexity index is 342. The number of ether oxygens (including phenoxy) is 2. The number of nitrogens with zero attached hydrogens (tertiary/aromatic N) is 1. The van der Waals surface area contributed by atoms with Crippen LogP contribution in [0.15, 0.2) is 0 Å². The van der Waals surface area contributed by atoms with Crippen LogP contribution >= 0.6 is 0 Å². The van der Waals surface area contributed by atoms with Crippen molar-refractivity contribution in [3.8, 4) is 0 Å². The van der Waals surface area contributed by atoms with Gasteiger partial charge in [0.15, 0.2) is 0 Å². The number of carbonyl (C=O) groups excluding carboxylic acids is 1. The van der Waals surface area contributed by atoms with Gasteiger partial charge < -0.3 is 19.7 Å². The molecule has 1 saturated carbocycles. The van der Waals surface area contributed by atoms with E-state index in [1.54, 1.807) is 7.11 Å². The van der Waals surface area contributed by atoms with Gasteiger partial charge in [0.1, 0.15) is 5.54 Å². The fourth-order valence-electron chi connectivity index (χ4n) is 3.82. The van der Waals surface area contributed by atoms with Gasteiger partial charge in [0.25, 0.3) is 0 Å². The van der Waals surface area contributed by atoms with Crippen LogP contribution in [0.5, 0.6) is 0 Å². The predicted octanol–water partition coefficient (Wildman–Crippen LogP) is 1.56. The summed E-state index contributed by atoms with van der Waals surface area (Å²) in [7, 11) is 3.68. The fourth-order valence-corrected chi connectivity index (χ4v) is 3.82. The van der Waals surface area contributed by atoms with Crippen molar-refractivity contribution < 1.29 is 14.3 Å². The van der Waals surface area contributed by atoms with Crippen LogP contribution in [0.1, 0.15) is 45.4 Å². The minimum atomic E-state index is -0.489. The molecule has 2 rings (SSSR count). The summed E-state index contributed by atoms with van der Waals surface area (Å²) in [6.07, 6.45) is 6.60. The lowest BCUT2D eigenvalue weighted by molar-refractivity contribution is -0.153. The summed E-state index contributed by atoms with van der Waals surface area (Å²) in [6.45, 7) is 4.47. The van der Waals surface area contributed by atoms with Gasteiger partial charge in [-0.15, -0.1) is 0 Å². The molecule has 1 heterocycles. The van der Waals surface area contributed by atoms with Crippen LogP contribution in [-0.2, 0) is 14.3 Å². The lowest BCUT2D eigenvalue weighted by Gasteiger charge is -2.45. The molecule has 0 bridgehead atoms. The van der Waals surface area contributed by atoms with Gasteiger partial charge in [-0.05, 0) is 52.5 Å².